The standard InChI is InChI=1S/C9H9NO3/c1-6-3-7(9(11)13-2)5-8(4-6)10-12/h3-5H,1-2H3. The predicted molar refractivity (Wildman–Crippen MR) is 48.0 cm³/mol. The molecule has 0 N–H and O–H groups in total. The summed E-state index contributed by atoms with van der Waals surface area (Å²) in [5.41, 5.74) is 1.38. The molecule has 1 aromatic carbocycles. The molecular weight excluding hydrogens is 170 g/mol. The number of ether oxygens (including phenoxy) is 1. The van der Waals surface area contributed by atoms with E-state index in [2.05, 4.69) is 9.91 Å². The van der Waals surface area contributed by atoms with E-state index in [0.717, 1.165) is 5.56 Å². The third kappa shape index (κ3) is 2.11. The fourth-order valence-electron chi connectivity index (χ4n) is 1.05. The van der Waals surface area contributed by atoms with E-state index in [1.165, 1.54) is 13.2 Å². The Labute approximate surface area is 75.5 Å². The van der Waals surface area contributed by atoms with Gasteiger partial charge in [-0.05, 0) is 35.9 Å². The van der Waals surface area contributed by atoms with Crippen LogP contribution in [0.2, 0.25) is 0 Å². The number of benzene rings is 1. The van der Waals surface area contributed by atoms with E-state index < -0.39 is 5.97 Å². The van der Waals surface area contributed by atoms with Crippen LogP contribution in [0, 0.1) is 11.8 Å². The number of hydrogen-bond acceptors (Lipinski definition) is 4. The van der Waals surface area contributed by atoms with Crippen LogP contribution in [-0.2, 0) is 4.74 Å². The minimum atomic E-state index is -0.464. The summed E-state index contributed by atoms with van der Waals surface area (Å²) < 4.78 is 4.51. The molecule has 4 heteroatoms. The summed E-state index contributed by atoms with van der Waals surface area (Å²) in [6.45, 7) is 1.78. The zero-order chi connectivity index (χ0) is 9.84. The number of aryl methyl sites for hydroxylation is 1. The molecule has 0 aliphatic carbocycles. The van der Waals surface area contributed by atoms with Gasteiger partial charge < -0.3 is 4.74 Å². The van der Waals surface area contributed by atoms with Gasteiger partial charge in [-0.3, -0.25) is 0 Å². The minimum absolute atomic E-state index is 0.236. The van der Waals surface area contributed by atoms with Gasteiger partial charge in [-0.15, -0.1) is 4.91 Å². The molecule has 0 fully saturated rings. The zero-order valence-corrected chi connectivity index (χ0v) is 7.40. The van der Waals surface area contributed by atoms with Crippen molar-refractivity contribution in [1.82, 2.24) is 0 Å². The third-order valence-corrected chi connectivity index (χ3v) is 1.59. The van der Waals surface area contributed by atoms with Crippen LogP contribution >= 0.6 is 0 Å². The van der Waals surface area contributed by atoms with Crippen molar-refractivity contribution in [2.45, 2.75) is 6.92 Å². The molecule has 68 valence electrons. The lowest BCUT2D eigenvalue weighted by atomic mass is 10.1. The molecule has 0 radical (unpaired) electrons. The molecule has 13 heavy (non-hydrogen) atoms. The molecule has 0 unspecified atom stereocenters. The van der Waals surface area contributed by atoms with Gasteiger partial charge in [-0.1, -0.05) is 0 Å². The highest BCUT2D eigenvalue weighted by Gasteiger charge is 2.07. The van der Waals surface area contributed by atoms with Gasteiger partial charge >= 0.3 is 5.97 Å². The Kier molecular flexibility index (Phi) is 2.74. The Morgan fingerprint density at radius 2 is 2.08 bits per heavy atom. The highest BCUT2D eigenvalue weighted by Crippen LogP contribution is 2.17. The molecule has 1 rings (SSSR count). The molecular formula is C9H9NO3. The van der Waals surface area contributed by atoms with Crippen molar-refractivity contribution in [1.29, 1.82) is 0 Å². The number of rotatable bonds is 2. The summed E-state index contributed by atoms with van der Waals surface area (Å²) in [5.74, 6) is -0.464. The number of nitroso groups, excluding NO2 is 1. The smallest absolute Gasteiger partial charge is 0.337 e. The van der Waals surface area contributed by atoms with Crippen LogP contribution in [0.3, 0.4) is 0 Å². The van der Waals surface area contributed by atoms with Crippen LogP contribution in [0.15, 0.2) is 23.4 Å². The van der Waals surface area contributed by atoms with Crippen LogP contribution in [0.5, 0.6) is 0 Å². The largest absolute Gasteiger partial charge is 0.465 e. The van der Waals surface area contributed by atoms with Gasteiger partial charge in [0.1, 0.15) is 5.69 Å². The molecule has 4 nitrogen and oxygen atoms in total. The molecule has 1 aromatic rings. The second-order valence-electron chi connectivity index (χ2n) is 2.64. The number of methoxy groups -OCH3 is 1. The maximum Gasteiger partial charge on any atom is 0.337 e. The molecule has 0 saturated carbocycles. The summed E-state index contributed by atoms with van der Waals surface area (Å²) in [6.07, 6.45) is 0. The second-order valence-corrected chi connectivity index (χ2v) is 2.64. The number of esters is 1. The number of carbonyl (C=O) groups excluding carboxylic acids is 1. The lowest BCUT2D eigenvalue weighted by molar-refractivity contribution is 0.0600. The van der Waals surface area contributed by atoms with Crippen molar-refractivity contribution in [2.75, 3.05) is 7.11 Å². The fourth-order valence-corrected chi connectivity index (χ4v) is 1.05. The van der Waals surface area contributed by atoms with Gasteiger partial charge in [0.05, 0.1) is 12.7 Å². The van der Waals surface area contributed by atoms with E-state index in [1.54, 1.807) is 19.1 Å². The van der Waals surface area contributed by atoms with E-state index in [0.29, 0.717) is 5.56 Å². The fraction of sp³-hybridized carbons (Fsp3) is 0.222. The molecule has 0 aromatic heterocycles. The predicted octanol–water partition coefficient (Wildman–Crippen LogP) is 2.18. The first kappa shape index (κ1) is 9.38. The zero-order valence-electron chi connectivity index (χ0n) is 7.40. The van der Waals surface area contributed by atoms with Crippen LogP contribution in [0.4, 0.5) is 5.69 Å². The van der Waals surface area contributed by atoms with Crippen molar-refractivity contribution in [2.24, 2.45) is 5.18 Å². The second kappa shape index (κ2) is 3.80. The Bertz CT molecular complexity index is 347. The summed E-state index contributed by atoms with van der Waals surface area (Å²) in [6, 6.07) is 4.63. The average Bonchev–Trinajstić information content (AvgIpc) is 2.15. The first-order valence-corrected chi connectivity index (χ1v) is 3.70. The van der Waals surface area contributed by atoms with Crippen molar-refractivity contribution >= 4 is 11.7 Å². The molecule has 0 saturated heterocycles. The van der Waals surface area contributed by atoms with E-state index in [9.17, 15) is 9.70 Å². The Balaban J connectivity index is 3.15. The van der Waals surface area contributed by atoms with Crippen molar-refractivity contribution in [3.05, 3.63) is 34.2 Å². The lowest BCUT2D eigenvalue weighted by Gasteiger charge is -2.00. The SMILES string of the molecule is COC(=O)c1cc(C)cc(N=O)c1. The molecule has 0 amide bonds. The minimum Gasteiger partial charge on any atom is -0.465 e. The van der Waals surface area contributed by atoms with Crippen LogP contribution in [-0.4, -0.2) is 13.1 Å². The van der Waals surface area contributed by atoms with Gasteiger partial charge in [0.25, 0.3) is 0 Å². The summed E-state index contributed by atoms with van der Waals surface area (Å²) >= 11 is 0. The quantitative estimate of drug-likeness (QED) is 0.516. The maximum atomic E-state index is 11.1. The highest BCUT2D eigenvalue weighted by molar-refractivity contribution is 5.90. The first-order chi connectivity index (χ1) is 6.17. The summed E-state index contributed by atoms with van der Waals surface area (Å²) in [7, 11) is 1.29. The van der Waals surface area contributed by atoms with Gasteiger partial charge in [-0.2, -0.15) is 0 Å². The number of carbonyl (C=O) groups is 1. The van der Waals surface area contributed by atoms with Gasteiger partial charge in [0.2, 0.25) is 0 Å². The van der Waals surface area contributed by atoms with Crippen molar-refractivity contribution < 1.29 is 9.53 Å². The maximum absolute atomic E-state index is 11.1. The first-order valence-electron chi connectivity index (χ1n) is 3.70. The topological polar surface area (TPSA) is 55.7 Å². The van der Waals surface area contributed by atoms with Crippen LogP contribution < -0.4 is 0 Å². The van der Waals surface area contributed by atoms with Gasteiger partial charge in [0.15, 0.2) is 0 Å². The van der Waals surface area contributed by atoms with E-state index >= 15 is 0 Å². The van der Waals surface area contributed by atoms with E-state index in [-0.39, 0.29) is 5.69 Å². The molecule has 0 atom stereocenters. The normalized spacial score (nSPS) is 9.38. The van der Waals surface area contributed by atoms with E-state index in [1.807, 2.05) is 0 Å². The monoisotopic (exact) mass is 179 g/mol. The molecule has 0 aliphatic heterocycles. The Hall–Kier alpha value is -1.71. The lowest BCUT2D eigenvalue weighted by Crippen LogP contribution is -2.00. The number of hydrogen-bond donors (Lipinski definition) is 0. The van der Waals surface area contributed by atoms with Gasteiger partial charge in [-0.25, -0.2) is 4.79 Å². The van der Waals surface area contributed by atoms with Crippen molar-refractivity contribution in [3.8, 4) is 0 Å². The van der Waals surface area contributed by atoms with Crippen LogP contribution in [0.1, 0.15) is 15.9 Å². The highest BCUT2D eigenvalue weighted by atomic mass is 16.5. The molecule has 0 heterocycles. The van der Waals surface area contributed by atoms with E-state index in [4.69, 9.17) is 0 Å². The third-order valence-electron chi connectivity index (χ3n) is 1.59. The average molecular weight is 179 g/mol. The summed E-state index contributed by atoms with van der Waals surface area (Å²) in [4.78, 5) is 21.3. The Morgan fingerprint density at radius 3 is 2.62 bits per heavy atom. The van der Waals surface area contributed by atoms with Gasteiger partial charge in [0, 0.05) is 0 Å². The molecule has 0 spiro atoms. The molecule has 0 aliphatic rings. The summed E-state index contributed by atoms with van der Waals surface area (Å²) in [5, 5.41) is 2.75. The number of nitrogens with zero attached hydrogens (tertiary/aromatic N) is 1. The van der Waals surface area contributed by atoms with Crippen molar-refractivity contribution in [3.63, 3.8) is 0 Å². The van der Waals surface area contributed by atoms with Crippen LogP contribution in [0.25, 0.3) is 0 Å². The Morgan fingerprint density at radius 1 is 1.38 bits per heavy atom. The molecule has 0 bridgehead atoms.